The molecule has 1 fully saturated rings. The first-order chi connectivity index (χ1) is 14.7. The molecule has 4 aromatic heterocycles. The Morgan fingerprint density at radius 2 is 1.80 bits per heavy atom. The number of pyridine rings is 2. The first kappa shape index (κ1) is 18.2. The Morgan fingerprint density at radius 3 is 2.57 bits per heavy atom. The van der Waals surface area contributed by atoms with Crippen LogP contribution in [-0.2, 0) is 4.79 Å². The highest BCUT2D eigenvalue weighted by molar-refractivity contribution is 5.73. The van der Waals surface area contributed by atoms with Gasteiger partial charge >= 0.3 is 0 Å². The molecule has 0 aromatic carbocycles. The topological polar surface area (TPSA) is 79.5 Å². The number of fused-ring (bicyclic) bond motifs is 1. The van der Waals surface area contributed by atoms with E-state index < -0.39 is 0 Å². The molecule has 0 radical (unpaired) electrons. The van der Waals surface area contributed by atoms with Gasteiger partial charge in [0.2, 0.25) is 5.91 Å². The summed E-state index contributed by atoms with van der Waals surface area (Å²) in [4.78, 5) is 28.9. The fourth-order valence-corrected chi connectivity index (χ4v) is 3.74. The highest BCUT2D eigenvalue weighted by atomic mass is 16.2. The van der Waals surface area contributed by atoms with E-state index in [9.17, 15) is 4.79 Å². The van der Waals surface area contributed by atoms with Crippen molar-refractivity contribution in [2.75, 3.05) is 31.1 Å². The van der Waals surface area contributed by atoms with E-state index in [1.165, 1.54) is 0 Å². The molecule has 4 aromatic rings. The number of hydrogen-bond acceptors (Lipinski definition) is 6. The van der Waals surface area contributed by atoms with Crippen LogP contribution in [0.1, 0.15) is 6.92 Å². The molecule has 0 atom stereocenters. The first-order valence-corrected chi connectivity index (χ1v) is 9.91. The predicted octanol–water partition coefficient (Wildman–Crippen LogP) is 2.52. The lowest BCUT2D eigenvalue weighted by atomic mass is 10.2. The lowest BCUT2D eigenvalue weighted by Gasteiger charge is -2.35. The molecule has 1 saturated heterocycles. The van der Waals surface area contributed by atoms with Gasteiger partial charge in [-0.25, -0.2) is 14.5 Å². The molecule has 1 aliphatic rings. The van der Waals surface area contributed by atoms with E-state index in [-0.39, 0.29) is 5.91 Å². The summed E-state index contributed by atoms with van der Waals surface area (Å²) >= 11 is 0. The lowest BCUT2D eigenvalue weighted by molar-refractivity contribution is -0.129. The Labute approximate surface area is 173 Å². The third-order valence-electron chi connectivity index (χ3n) is 5.41. The van der Waals surface area contributed by atoms with E-state index in [0.717, 1.165) is 47.1 Å². The van der Waals surface area contributed by atoms with Gasteiger partial charge in [0, 0.05) is 62.8 Å². The molecular weight excluding hydrogens is 378 g/mol. The minimum absolute atomic E-state index is 0.123. The lowest BCUT2D eigenvalue weighted by Crippen LogP contribution is -2.48. The number of hydrogen-bond donors (Lipinski definition) is 0. The smallest absolute Gasteiger partial charge is 0.219 e. The van der Waals surface area contributed by atoms with Crippen molar-refractivity contribution < 1.29 is 4.79 Å². The molecule has 150 valence electrons. The molecule has 30 heavy (non-hydrogen) atoms. The highest BCUT2D eigenvalue weighted by Gasteiger charge is 2.20. The van der Waals surface area contributed by atoms with Gasteiger partial charge in [0.05, 0.1) is 17.6 Å². The molecule has 0 unspecified atom stereocenters. The van der Waals surface area contributed by atoms with E-state index in [1.54, 1.807) is 19.3 Å². The normalized spacial score (nSPS) is 14.3. The van der Waals surface area contributed by atoms with Crippen molar-refractivity contribution in [1.82, 2.24) is 29.5 Å². The zero-order valence-corrected chi connectivity index (χ0v) is 16.6. The summed E-state index contributed by atoms with van der Waals surface area (Å²) in [6, 6.07) is 11.8. The number of piperazine rings is 1. The molecule has 0 spiro atoms. The van der Waals surface area contributed by atoms with Gasteiger partial charge in [-0.05, 0) is 36.4 Å². The van der Waals surface area contributed by atoms with Crippen LogP contribution in [0.2, 0.25) is 0 Å². The summed E-state index contributed by atoms with van der Waals surface area (Å²) in [7, 11) is 0. The average molecular weight is 399 g/mol. The summed E-state index contributed by atoms with van der Waals surface area (Å²) in [5, 5.41) is 4.79. The maximum Gasteiger partial charge on any atom is 0.219 e. The number of carbonyl (C=O) groups excluding carboxylic acids is 1. The van der Waals surface area contributed by atoms with Gasteiger partial charge < -0.3 is 9.80 Å². The van der Waals surface area contributed by atoms with Crippen molar-refractivity contribution in [3.8, 4) is 22.5 Å². The molecule has 8 heteroatoms. The van der Waals surface area contributed by atoms with Gasteiger partial charge in [0.25, 0.3) is 0 Å². The molecule has 1 amide bonds. The second-order valence-corrected chi connectivity index (χ2v) is 7.27. The summed E-state index contributed by atoms with van der Waals surface area (Å²) in [5.41, 5.74) is 4.48. The molecule has 8 nitrogen and oxygen atoms in total. The Hall–Kier alpha value is -3.81. The van der Waals surface area contributed by atoms with Crippen LogP contribution in [0.15, 0.2) is 61.2 Å². The van der Waals surface area contributed by atoms with E-state index >= 15 is 0 Å². The number of aromatic nitrogens is 5. The van der Waals surface area contributed by atoms with Crippen molar-refractivity contribution in [2.45, 2.75) is 6.92 Å². The number of rotatable bonds is 3. The monoisotopic (exact) mass is 399 g/mol. The second-order valence-electron chi connectivity index (χ2n) is 7.27. The average Bonchev–Trinajstić information content (AvgIpc) is 3.23. The van der Waals surface area contributed by atoms with Crippen molar-refractivity contribution in [2.24, 2.45) is 0 Å². The number of anilines is 1. The second kappa shape index (κ2) is 7.55. The minimum Gasteiger partial charge on any atom is -0.353 e. The molecule has 1 aliphatic heterocycles. The van der Waals surface area contributed by atoms with Crippen LogP contribution in [0.4, 0.5) is 5.82 Å². The van der Waals surface area contributed by atoms with E-state index in [1.807, 2.05) is 52.1 Å². The number of amides is 1. The molecule has 0 saturated carbocycles. The largest absolute Gasteiger partial charge is 0.353 e. The maximum atomic E-state index is 11.6. The molecule has 5 heterocycles. The molecule has 0 N–H and O–H groups in total. The first-order valence-electron chi connectivity index (χ1n) is 9.91. The van der Waals surface area contributed by atoms with Gasteiger partial charge in [-0.3, -0.25) is 9.78 Å². The molecule has 5 rings (SSSR count). The molecule has 0 bridgehead atoms. The quantitative estimate of drug-likeness (QED) is 0.527. The fraction of sp³-hybridized carbons (Fsp3) is 0.227. The SMILES string of the molecule is CC(=O)N1CCN(c2cc(-c3cnc4ccc(-c5cccnc5)nn34)ccn2)CC1. The van der Waals surface area contributed by atoms with Crippen LogP contribution in [0.3, 0.4) is 0 Å². The van der Waals surface area contributed by atoms with Gasteiger partial charge in [-0.15, -0.1) is 0 Å². The summed E-state index contributed by atoms with van der Waals surface area (Å²) in [5.74, 6) is 1.02. The number of carbonyl (C=O) groups is 1. The Morgan fingerprint density at radius 1 is 0.933 bits per heavy atom. The number of nitrogens with zero attached hydrogens (tertiary/aromatic N) is 7. The summed E-state index contributed by atoms with van der Waals surface area (Å²) < 4.78 is 1.86. The minimum atomic E-state index is 0.123. The fourth-order valence-electron chi connectivity index (χ4n) is 3.74. The van der Waals surface area contributed by atoms with E-state index in [4.69, 9.17) is 5.10 Å². The highest BCUT2D eigenvalue weighted by Crippen LogP contribution is 2.25. The Balaban J connectivity index is 1.47. The number of imidazole rings is 1. The van der Waals surface area contributed by atoms with Crippen molar-refractivity contribution in [1.29, 1.82) is 0 Å². The summed E-state index contributed by atoms with van der Waals surface area (Å²) in [6.45, 7) is 4.59. The van der Waals surface area contributed by atoms with Crippen molar-refractivity contribution in [3.05, 3.63) is 61.2 Å². The van der Waals surface area contributed by atoms with Crippen molar-refractivity contribution >= 4 is 17.4 Å². The van der Waals surface area contributed by atoms with Crippen LogP contribution in [0.25, 0.3) is 28.2 Å². The Kier molecular flexibility index (Phi) is 4.59. The van der Waals surface area contributed by atoms with Crippen LogP contribution in [0, 0.1) is 0 Å². The maximum absolute atomic E-state index is 11.6. The zero-order valence-electron chi connectivity index (χ0n) is 16.6. The summed E-state index contributed by atoms with van der Waals surface area (Å²) in [6.07, 6.45) is 7.20. The van der Waals surface area contributed by atoms with E-state index in [2.05, 4.69) is 25.9 Å². The van der Waals surface area contributed by atoms with E-state index in [0.29, 0.717) is 13.1 Å². The standard InChI is InChI=1S/C22H21N7O/c1-16(30)27-9-11-28(12-10-27)22-13-17(6-8-24-22)20-15-25-21-5-4-19(26-29(20)21)18-3-2-7-23-14-18/h2-8,13-15H,9-12H2,1H3. The van der Waals surface area contributed by atoms with Gasteiger partial charge in [-0.1, -0.05) is 0 Å². The van der Waals surface area contributed by atoms with Gasteiger partial charge in [0.1, 0.15) is 5.82 Å². The van der Waals surface area contributed by atoms with Gasteiger partial charge in [-0.2, -0.15) is 5.10 Å². The van der Waals surface area contributed by atoms with Crippen LogP contribution in [0.5, 0.6) is 0 Å². The van der Waals surface area contributed by atoms with Crippen LogP contribution >= 0.6 is 0 Å². The van der Waals surface area contributed by atoms with Crippen molar-refractivity contribution in [3.63, 3.8) is 0 Å². The molecule has 0 aliphatic carbocycles. The van der Waals surface area contributed by atoms with Gasteiger partial charge in [0.15, 0.2) is 5.65 Å². The Bertz CT molecular complexity index is 1200. The van der Waals surface area contributed by atoms with Crippen LogP contribution in [-0.4, -0.2) is 61.6 Å². The van der Waals surface area contributed by atoms with Crippen LogP contribution < -0.4 is 4.90 Å². The molecular formula is C22H21N7O. The third kappa shape index (κ3) is 3.36. The predicted molar refractivity (Wildman–Crippen MR) is 114 cm³/mol. The third-order valence-corrected chi connectivity index (χ3v) is 5.41. The zero-order chi connectivity index (χ0) is 20.5.